The van der Waals surface area contributed by atoms with Gasteiger partial charge in [0.25, 0.3) is 11.4 Å². The summed E-state index contributed by atoms with van der Waals surface area (Å²) in [5.74, 6) is -1.31. The average molecular weight is 440 g/mol. The summed E-state index contributed by atoms with van der Waals surface area (Å²) in [6.45, 7) is 0. The Morgan fingerprint density at radius 1 is 0.962 bits per heavy atom. The molecular formula is C14H9Cl3N2O6S. The number of carbonyl (C=O) groups is 1. The molecule has 0 fully saturated rings. The maximum atomic E-state index is 10.6. The van der Waals surface area contributed by atoms with Crippen LogP contribution in [0.25, 0.3) is 0 Å². The van der Waals surface area contributed by atoms with E-state index in [2.05, 4.69) is 0 Å². The van der Waals surface area contributed by atoms with Crippen LogP contribution in [-0.2, 0) is 4.79 Å². The lowest BCUT2D eigenvalue weighted by Gasteiger charge is -2.02. The molecule has 0 bridgehead atoms. The van der Waals surface area contributed by atoms with Gasteiger partial charge in [-0.25, -0.2) is 0 Å². The Morgan fingerprint density at radius 2 is 1.46 bits per heavy atom. The van der Waals surface area contributed by atoms with Gasteiger partial charge in [0.1, 0.15) is 9.92 Å². The van der Waals surface area contributed by atoms with Crippen molar-refractivity contribution in [3.63, 3.8) is 0 Å². The van der Waals surface area contributed by atoms with Crippen LogP contribution in [0.15, 0.2) is 41.3 Å². The van der Waals surface area contributed by atoms with Crippen LogP contribution >= 0.6 is 46.6 Å². The zero-order valence-corrected chi connectivity index (χ0v) is 15.7. The summed E-state index contributed by atoms with van der Waals surface area (Å²) in [6.07, 6.45) is 0. The topological polar surface area (TPSA) is 124 Å². The molecule has 2 aromatic rings. The number of thioether (sulfide) groups is 1. The van der Waals surface area contributed by atoms with Gasteiger partial charge in [0.15, 0.2) is 0 Å². The SMILES string of the molecule is O=C(O)CSc1c(Cl)cccc1[N+](=O)[O-].O=[N+]([O-])c1cccc(Cl)c1Cl. The van der Waals surface area contributed by atoms with Crippen molar-refractivity contribution in [2.24, 2.45) is 0 Å². The minimum atomic E-state index is -1.05. The maximum absolute atomic E-state index is 10.6. The van der Waals surface area contributed by atoms with Crippen molar-refractivity contribution in [3.8, 4) is 0 Å². The molecular weight excluding hydrogens is 431 g/mol. The van der Waals surface area contributed by atoms with E-state index in [0.717, 1.165) is 11.8 Å². The molecule has 0 unspecified atom stereocenters. The largest absolute Gasteiger partial charge is 0.481 e. The number of rotatable bonds is 5. The summed E-state index contributed by atoms with van der Waals surface area (Å²) in [4.78, 5) is 30.2. The van der Waals surface area contributed by atoms with E-state index in [9.17, 15) is 25.0 Å². The molecule has 12 heteroatoms. The lowest BCUT2D eigenvalue weighted by Crippen LogP contribution is -1.99. The van der Waals surface area contributed by atoms with E-state index in [1.807, 2.05) is 0 Å². The third-order valence-electron chi connectivity index (χ3n) is 2.61. The first-order valence-corrected chi connectivity index (χ1v) is 8.63. The first-order chi connectivity index (χ1) is 12.1. The Morgan fingerprint density at radius 3 is 1.92 bits per heavy atom. The highest BCUT2D eigenvalue weighted by atomic mass is 35.5. The van der Waals surface area contributed by atoms with E-state index < -0.39 is 15.8 Å². The van der Waals surface area contributed by atoms with Gasteiger partial charge in [-0.05, 0) is 12.1 Å². The number of nitrogens with zero attached hydrogens (tertiary/aromatic N) is 2. The molecule has 0 aliphatic heterocycles. The van der Waals surface area contributed by atoms with Crippen molar-refractivity contribution in [1.29, 1.82) is 0 Å². The van der Waals surface area contributed by atoms with E-state index in [1.54, 1.807) is 0 Å². The molecule has 0 saturated carbocycles. The van der Waals surface area contributed by atoms with Crippen LogP contribution in [0.2, 0.25) is 15.1 Å². The number of hydrogen-bond acceptors (Lipinski definition) is 6. The summed E-state index contributed by atoms with van der Waals surface area (Å²) in [7, 11) is 0. The number of carboxylic acid groups (broad SMARTS) is 1. The normalized spacial score (nSPS) is 9.81. The van der Waals surface area contributed by atoms with Crippen molar-refractivity contribution in [2.45, 2.75) is 4.90 Å². The number of nitro groups is 2. The number of aliphatic carboxylic acids is 1. The highest BCUT2D eigenvalue weighted by Crippen LogP contribution is 2.35. The molecule has 0 aliphatic carbocycles. The summed E-state index contributed by atoms with van der Waals surface area (Å²) in [5.41, 5.74) is -0.340. The summed E-state index contributed by atoms with van der Waals surface area (Å²) >= 11 is 17.6. The average Bonchev–Trinajstić information content (AvgIpc) is 2.56. The van der Waals surface area contributed by atoms with E-state index >= 15 is 0 Å². The number of nitro benzene ring substituents is 2. The Hall–Kier alpha value is -2.07. The quantitative estimate of drug-likeness (QED) is 0.379. The number of hydrogen-bond donors (Lipinski definition) is 1. The Kier molecular flexibility index (Phi) is 8.59. The van der Waals surface area contributed by atoms with Gasteiger partial charge in [-0.2, -0.15) is 0 Å². The standard InChI is InChI=1S/C8H6ClNO4S.C6H3Cl2NO2/c9-5-2-1-3-6(10(13)14)8(5)15-4-7(11)12;7-4-2-1-3-5(6(4)8)9(10)11/h1-3H,4H2,(H,11,12);1-3H. The molecule has 138 valence electrons. The van der Waals surface area contributed by atoms with Crippen molar-refractivity contribution in [2.75, 3.05) is 5.75 Å². The summed E-state index contributed by atoms with van der Waals surface area (Å²) < 4.78 is 0. The maximum Gasteiger partial charge on any atom is 0.313 e. The van der Waals surface area contributed by atoms with Crippen LogP contribution < -0.4 is 0 Å². The van der Waals surface area contributed by atoms with Crippen molar-refractivity contribution in [3.05, 3.63) is 71.7 Å². The fraction of sp³-hybridized carbons (Fsp3) is 0.0714. The first kappa shape index (κ1) is 22.0. The highest BCUT2D eigenvalue weighted by Gasteiger charge is 2.17. The fourth-order valence-electron chi connectivity index (χ4n) is 1.55. The third kappa shape index (κ3) is 6.34. The van der Waals surface area contributed by atoms with Gasteiger partial charge in [-0.1, -0.05) is 46.9 Å². The smallest absolute Gasteiger partial charge is 0.313 e. The van der Waals surface area contributed by atoms with Gasteiger partial charge >= 0.3 is 5.97 Å². The van der Waals surface area contributed by atoms with E-state index in [0.29, 0.717) is 0 Å². The lowest BCUT2D eigenvalue weighted by atomic mass is 10.3. The molecule has 0 aliphatic rings. The van der Waals surface area contributed by atoms with Crippen molar-refractivity contribution < 1.29 is 19.7 Å². The van der Waals surface area contributed by atoms with Crippen LogP contribution in [0.3, 0.4) is 0 Å². The number of benzene rings is 2. The van der Waals surface area contributed by atoms with E-state index in [4.69, 9.17) is 39.9 Å². The highest BCUT2D eigenvalue weighted by molar-refractivity contribution is 8.00. The molecule has 0 saturated heterocycles. The molecule has 0 atom stereocenters. The van der Waals surface area contributed by atoms with Gasteiger partial charge in [-0.15, -0.1) is 11.8 Å². The molecule has 2 rings (SSSR count). The van der Waals surface area contributed by atoms with E-state index in [1.165, 1.54) is 36.4 Å². The van der Waals surface area contributed by atoms with Crippen LogP contribution in [0.1, 0.15) is 0 Å². The molecule has 1 N–H and O–H groups in total. The van der Waals surface area contributed by atoms with Crippen LogP contribution in [0.5, 0.6) is 0 Å². The molecule has 0 aromatic heterocycles. The Balaban J connectivity index is 0.000000273. The molecule has 0 spiro atoms. The van der Waals surface area contributed by atoms with Gasteiger partial charge in [-0.3, -0.25) is 25.0 Å². The minimum Gasteiger partial charge on any atom is -0.481 e. The van der Waals surface area contributed by atoms with Gasteiger partial charge in [0.05, 0.1) is 25.6 Å². The Bertz CT molecular complexity index is 849. The predicted molar refractivity (Wildman–Crippen MR) is 99.6 cm³/mol. The second kappa shape index (κ2) is 10.2. The first-order valence-electron chi connectivity index (χ1n) is 6.51. The summed E-state index contributed by atoms with van der Waals surface area (Å²) in [5, 5.41) is 29.7. The molecule has 0 heterocycles. The molecule has 8 nitrogen and oxygen atoms in total. The number of halogens is 3. The summed E-state index contributed by atoms with van der Waals surface area (Å²) in [6, 6.07) is 8.50. The van der Waals surface area contributed by atoms with Crippen LogP contribution in [-0.4, -0.2) is 26.7 Å². The second-order valence-electron chi connectivity index (χ2n) is 4.36. The van der Waals surface area contributed by atoms with Gasteiger partial charge < -0.3 is 5.11 Å². The van der Waals surface area contributed by atoms with E-state index in [-0.39, 0.29) is 37.1 Å². The zero-order valence-electron chi connectivity index (χ0n) is 12.6. The third-order valence-corrected chi connectivity index (χ3v) is 4.96. The molecule has 26 heavy (non-hydrogen) atoms. The van der Waals surface area contributed by atoms with Crippen LogP contribution in [0, 0.1) is 20.2 Å². The van der Waals surface area contributed by atoms with Gasteiger partial charge in [0, 0.05) is 12.1 Å². The van der Waals surface area contributed by atoms with Crippen molar-refractivity contribution >= 4 is 63.9 Å². The molecule has 0 amide bonds. The van der Waals surface area contributed by atoms with Gasteiger partial charge in [0.2, 0.25) is 0 Å². The Labute approximate surface area is 166 Å². The van der Waals surface area contributed by atoms with Crippen LogP contribution in [0.4, 0.5) is 11.4 Å². The predicted octanol–water partition coefficient (Wildman–Crippen LogP) is 5.33. The minimum absolute atomic E-state index is 0.0147. The number of carboxylic acids is 1. The lowest BCUT2D eigenvalue weighted by molar-refractivity contribution is -0.387. The van der Waals surface area contributed by atoms with Crippen molar-refractivity contribution in [1.82, 2.24) is 0 Å². The fourth-order valence-corrected chi connectivity index (χ4v) is 3.01. The molecule has 0 radical (unpaired) electrons. The second-order valence-corrected chi connectivity index (χ2v) is 6.54. The molecule has 2 aromatic carbocycles. The zero-order chi connectivity index (χ0) is 19.9. The monoisotopic (exact) mass is 438 g/mol.